The molecule has 1 amide bonds. The summed E-state index contributed by atoms with van der Waals surface area (Å²) in [5.74, 6) is 1.62. The molecule has 0 bridgehead atoms. The monoisotopic (exact) mass is 581 g/mol. The molecule has 224 valence electrons. The Morgan fingerprint density at radius 2 is 1.49 bits per heavy atom. The van der Waals surface area contributed by atoms with Crippen molar-refractivity contribution in [1.82, 2.24) is 0 Å². The third kappa shape index (κ3) is 12.6. The lowest BCUT2D eigenvalue weighted by Gasteiger charge is -2.14. The molecule has 1 heterocycles. The summed E-state index contributed by atoms with van der Waals surface area (Å²) in [6, 6.07) is 13.3. The van der Waals surface area contributed by atoms with Crippen molar-refractivity contribution in [3.63, 3.8) is 0 Å². The average molecular weight is 582 g/mol. The van der Waals surface area contributed by atoms with Crippen molar-refractivity contribution in [2.24, 2.45) is 0 Å². The van der Waals surface area contributed by atoms with Crippen molar-refractivity contribution in [3.05, 3.63) is 64.6 Å². The van der Waals surface area contributed by atoms with E-state index in [4.69, 9.17) is 14.2 Å². The van der Waals surface area contributed by atoms with E-state index >= 15 is 0 Å². The van der Waals surface area contributed by atoms with Crippen LogP contribution in [0.2, 0.25) is 0 Å². The van der Waals surface area contributed by atoms with Crippen molar-refractivity contribution < 1.29 is 23.6 Å². The number of carbonyl (C=O) groups is 1. The van der Waals surface area contributed by atoms with Crippen LogP contribution in [0.3, 0.4) is 0 Å². The number of unbranched alkanes of at least 4 members (excludes halogenated alkanes) is 11. The molecule has 0 radical (unpaired) electrons. The van der Waals surface area contributed by atoms with Crippen molar-refractivity contribution in [2.75, 3.05) is 25.6 Å². The molecule has 0 aliphatic heterocycles. The number of thiazole rings is 1. The lowest BCUT2D eigenvalue weighted by molar-refractivity contribution is -0.689. The highest BCUT2D eigenvalue weighted by Crippen LogP contribution is 2.32. The smallest absolute Gasteiger partial charge is 0.262 e. The fourth-order valence-electron chi connectivity index (χ4n) is 4.74. The van der Waals surface area contributed by atoms with Crippen LogP contribution in [0, 0.1) is 6.92 Å². The van der Waals surface area contributed by atoms with Crippen LogP contribution in [0.4, 0.5) is 5.69 Å². The van der Waals surface area contributed by atoms with Crippen molar-refractivity contribution >= 4 is 22.9 Å². The second-order valence-corrected chi connectivity index (χ2v) is 11.7. The zero-order valence-corrected chi connectivity index (χ0v) is 26.1. The van der Waals surface area contributed by atoms with Gasteiger partial charge < -0.3 is 19.5 Å². The van der Waals surface area contributed by atoms with E-state index < -0.39 is 0 Å². The number of nitrogens with one attached hydrogen (secondary N) is 1. The van der Waals surface area contributed by atoms with Crippen LogP contribution in [0.1, 0.15) is 94.5 Å². The number of anilines is 1. The van der Waals surface area contributed by atoms with Gasteiger partial charge in [0.15, 0.2) is 30.8 Å². The highest BCUT2D eigenvalue weighted by Gasteiger charge is 2.12. The van der Waals surface area contributed by atoms with Gasteiger partial charge in [-0.25, -0.2) is 0 Å². The number of benzene rings is 2. The first-order valence-electron chi connectivity index (χ1n) is 15.3. The largest absolute Gasteiger partial charge is 0.497 e. The van der Waals surface area contributed by atoms with Gasteiger partial charge in [-0.15, -0.1) is 0 Å². The maximum atomic E-state index is 12.6. The van der Waals surface area contributed by atoms with Gasteiger partial charge in [0.25, 0.3) is 5.91 Å². The predicted octanol–water partition coefficient (Wildman–Crippen LogP) is 8.50. The molecule has 0 aliphatic rings. The van der Waals surface area contributed by atoms with E-state index in [-0.39, 0.29) is 12.5 Å². The van der Waals surface area contributed by atoms with Crippen LogP contribution in [-0.4, -0.2) is 26.2 Å². The summed E-state index contributed by atoms with van der Waals surface area (Å²) < 4.78 is 19.5. The standard InChI is InChI=1S/C34H48N2O4S/c1-4-5-6-7-8-9-10-11-12-13-14-15-23-39-33-25-31(38-3)20-21-32(33)40-27-34(37)35-30-18-16-29(17-19-30)26-36-22-24-41-28(36)2/h16-22,24-25H,4-15,23,26-27H2,1-3H3/p+1. The molecule has 1 N–H and O–H groups in total. The summed E-state index contributed by atoms with van der Waals surface area (Å²) in [6.07, 6.45) is 17.7. The Kier molecular flexibility index (Phi) is 15.1. The molecule has 0 spiro atoms. The summed E-state index contributed by atoms with van der Waals surface area (Å²) in [5, 5.41) is 6.26. The van der Waals surface area contributed by atoms with Crippen molar-refractivity contribution in [2.45, 2.75) is 97.4 Å². The minimum absolute atomic E-state index is 0.104. The first-order chi connectivity index (χ1) is 20.1. The normalized spacial score (nSPS) is 10.9. The van der Waals surface area contributed by atoms with Crippen LogP contribution < -0.4 is 24.1 Å². The predicted molar refractivity (Wildman–Crippen MR) is 168 cm³/mol. The van der Waals surface area contributed by atoms with E-state index in [0.717, 1.165) is 25.1 Å². The Labute approximate surface area is 251 Å². The Bertz CT molecular complexity index is 1150. The fraction of sp³-hybridized carbons (Fsp3) is 0.529. The first-order valence-corrected chi connectivity index (χ1v) is 16.2. The molecular formula is C34H49N2O4S+. The number of methoxy groups -OCH3 is 1. The highest BCUT2D eigenvalue weighted by atomic mass is 32.1. The summed E-state index contributed by atoms with van der Waals surface area (Å²) in [5.41, 5.74) is 1.92. The number of aromatic nitrogens is 1. The number of nitrogens with zero attached hydrogens (tertiary/aromatic N) is 1. The number of aryl methyl sites for hydroxylation is 1. The van der Waals surface area contributed by atoms with E-state index in [0.29, 0.717) is 23.9 Å². The Morgan fingerprint density at radius 1 is 0.829 bits per heavy atom. The molecule has 0 saturated carbocycles. The number of hydrogen-bond acceptors (Lipinski definition) is 5. The lowest BCUT2D eigenvalue weighted by Crippen LogP contribution is -2.34. The Hall–Kier alpha value is -3.06. The molecular weight excluding hydrogens is 532 g/mol. The van der Waals surface area contributed by atoms with E-state index in [2.05, 4.69) is 35.3 Å². The van der Waals surface area contributed by atoms with E-state index in [9.17, 15) is 4.79 Å². The number of carbonyl (C=O) groups excluding carboxylic acids is 1. The molecule has 2 aromatic carbocycles. The molecule has 0 saturated heterocycles. The number of hydrogen-bond donors (Lipinski definition) is 1. The second-order valence-electron chi connectivity index (χ2n) is 10.6. The molecule has 7 heteroatoms. The van der Waals surface area contributed by atoms with Gasteiger partial charge in [0.05, 0.1) is 19.1 Å². The van der Waals surface area contributed by atoms with Gasteiger partial charge >= 0.3 is 0 Å². The Morgan fingerprint density at radius 3 is 2.10 bits per heavy atom. The van der Waals surface area contributed by atoms with Crippen molar-refractivity contribution in [3.8, 4) is 17.2 Å². The SMILES string of the molecule is CCCCCCCCCCCCCCOc1cc(OC)ccc1OCC(=O)Nc1ccc(C[n+]2ccsc2C)cc1. The van der Waals surface area contributed by atoms with E-state index in [1.165, 1.54) is 74.8 Å². The van der Waals surface area contributed by atoms with Crippen LogP contribution >= 0.6 is 11.3 Å². The number of ether oxygens (including phenoxy) is 3. The van der Waals surface area contributed by atoms with Gasteiger partial charge in [-0.05, 0) is 30.7 Å². The molecule has 3 aromatic rings. The second kappa shape index (κ2) is 19.1. The summed E-state index contributed by atoms with van der Waals surface area (Å²) in [7, 11) is 1.63. The zero-order chi connectivity index (χ0) is 29.1. The average Bonchev–Trinajstić information content (AvgIpc) is 3.39. The topological polar surface area (TPSA) is 60.7 Å². The van der Waals surface area contributed by atoms with Gasteiger partial charge in [0.2, 0.25) is 5.01 Å². The van der Waals surface area contributed by atoms with Crippen molar-refractivity contribution in [1.29, 1.82) is 0 Å². The van der Waals surface area contributed by atoms with Crippen LogP contribution in [0.15, 0.2) is 54.0 Å². The van der Waals surface area contributed by atoms with Crippen LogP contribution in [0.5, 0.6) is 17.2 Å². The van der Waals surface area contributed by atoms with Gasteiger partial charge in [-0.3, -0.25) is 4.79 Å². The molecule has 0 fully saturated rings. The van der Waals surface area contributed by atoms with Gasteiger partial charge in [-0.1, -0.05) is 101 Å². The molecule has 1 aromatic heterocycles. The lowest BCUT2D eigenvalue weighted by atomic mass is 10.1. The maximum Gasteiger partial charge on any atom is 0.262 e. The minimum Gasteiger partial charge on any atom is -0.497 e. The first kappa shape index (κ1) is 32.5. The minimum atomic E-state index is -0.219. The third-order valence-corrected chi connectivity index (χ3v) is 8.07. The highest BCUT2D eigenvalue weighted by molar-refractivity contribution is 7.09. The van der Waals surface area contributed by atoms with E-state index in [1.54, 1.807) is 24.5 Å². The Balaban J connectivity index is 1.34. The van der Waals surface area contributed by atoms with Gasteiger partial charge in [0.1, 0.15) is 5.75 Å². The zero-order valence-electron chi connectivity index (χ0n) is 25.3. The third-order valence-electron chi connectivity index (χ3n) is 7.24. The molecule has 6 nitrogen and oxygen atoms in total. The van der Waals surface area contributed by atoms with E-state index in [1.807, 2.05) is 36.4 Å². The molecule has 0 aliphatic carbocycles. The maximum absolute atomic E-state index is 12.6. The van der Waals surface area contributed by atoms with Crippen LogP contribution in [-0.2, 0) is 11.3 Å². The summed E-state index contributed by atoms with van der Waals surface area (Å²) in [6.45, 7) is 5.70. The molecule has 0 atom stereocenters. The molecule has 3 rings (SSSR count). The number of amides is 1. The molecule has 0 unspecified atom stereocenters. The molecule has 41 heavy (non-hydrogen) atoms. The van der Waals surface area contributed by atoms with Gasteiger partial charge in [-0.2, -0.15) is 4.57 Å². The quantitative estimate of drug-likeness (QED) is 0.101. The fourth-order valence-corrected chi connectivity index (χ4v) is 5.41. The summed E-state index contributed by atoms with van der Waals surface area (Å²) >= 11 is 1.73. The van der Waals surface area contributed by atoms with Gasteiger partial charge in [0, 0.05) is 24.2 Å². The van der Waals surface area contributed by atoms with Crippen LogP contribution in [0.25, 0.3) is 0 Å². The summed E-state index contributed by atoms with van der Waals surface area (Å²) in [4.78, 5) is 12.6. The number of rotatable bonds is 21.